The summed E-state index contributed by atoms with van der Waals surface area (Å²) in [4.78, 5) is 21.4. The van der Waals surface area contributed by atoms with Crippen LogP contribution in [0.3, 0.4) is 0 Å². The van der Waals surface area contributed by atoms with Crippen LogP contribution in [0.1, 0.15) is 71.6 Å². The molecule has 0 rings (SSSR count). The highest BCUT2D eigenvalue weighted by Gasteiger charge is 2.02. The van der Waals surface area contributed by atoms with E-state index in [1.807, 2.05) is 0 Å². The molecule has 2 atom stereocenters. The number of ether oxygens (including phenoxy) is 2. The Hall–Kier alpha value is -2.24. The van der Waals surface area contributed by atoms with E-state index in [0.717, 1.165) is 38.5 Å². The Morgan fingerprint density at radius 3 is 2.04 bits per heavy atom. The van der Waals surface area contributed by atoms with Crippen LogP contribution in [0.15, 0.2) is 12.7 Å². The Morgan fingerprint density at radius 1 is 0.926 bits per heavy atom. The molecule has 0 aliphatic carbocycles. The Morgan fingerprint density at radius 2 is 1.48 bits per heavy atom. The fourth-order valence-electron chi connectivity index (χ4n) is 2.33. The van der Waals surface area contributed by atoms with Gasteiger partial charge in [-0.15, -0.1) is 0 Å². The van der Waals surface area contributed by atoms with Crippen molar-refractivity contribution in [1.82, 2.24) is 0 Å². The van der Waals surface area contributed by atoms with E-state index in [1.165, 1.54) is 32.8 Å². The number of hydrogen-bond acceptors (Lipinski definition) is 5. The number of aliphatic hydroxyl groups excluding tert-OH is 1. The van der Waals surface area contributed by atoms with Gasteiger partial charge >= 0.3 is 11.9 Å². The lowest BCUT2D eigenvalue weighted by Gasteiger charge is -2.04. The molecule has 1 N–H and O–H groups in total. The lowest BCUT2D eigenvalue weighted by atomic mass is 10.1. The molecular weight excluding hydrogens is 344 g/mol. The number of rotatable bonds is 13. The first-order valence-electron chi connectivity index (χ1n) is 9.58. The van der Waals surface area contributed by atoms with Gasteiger partial charge in [-0.05, 0) is 43.1 Å². The molecule has 0 spiro atoms. The molecule has 27 heavy (non-hydrogen) atoms. The number of unbranched alkanes of at least 4 members (excludes halogenated alkanes) is 7. The molecule has 0 aromatic carbocycles. The van der Waals surface area contributed by atoms with Crippen molar-refractivity contribution in [3.63, 3.8) is 0 Å². The van der Waals surface area contributed by atoms with Gasteiger partial charge in [0.25, 0.3) is 0 Å². The maximum absolute atomic E-state index is 10.8. The zero-order valence-electron chi connectivity index (χ0n) is 16.6. The second-order valence-corrected chi connectivity index (χ2v) is 6.28. The molecule has 0 aromatic heterocycles. The maximum atomic E-state index is 10.8. The van der Waals surface area contributed by atoms with Crippen molar-refractivity contribution in [2.45, 2.75) is 83.8 Å². The summed E-state index contributed by atoms with van der Waals surface area (Å²) >= 11 is 0. The van der Waals surface area contributed by atoms with E-state index < -0.39 is 18.2 Å². The molecule has 5 heteroatoms. The van der Waals surface area contributed by atoms with Crippen LogP contribution in [0.25, 0.3) is 0 Å². The monoisotopic (exact) mass is 376 g/mol. The van der Waals surface area contributed by atoms with Crippen LogP contribution < -0.4 is 0 Å². The summed E-state index contributed by atoms with van der Waals surface area (Å²) in [5.74, 6) is 9.84. The molecule has 5 nitrogen and oxygen atoms in total. The van der Waals surface area contributed by atoms with E-state index in [0.29, 0.717) is 13.0 Å². The number of aliphatic hydroxyl groups is 1. The van der Waals surface area contributed by atoms with Gasteiger partial charge in [-0.3, -0.25) is 9.59 Å². The molecule has 0 heterocycles. The molecule has 0 saturated heterocycles. The third-order valence-corrected chi connectivity index (χ3v) is 3.70. The van der Waals surface area contributed by atoms with E-state index in [2.05, 4.69) is 30.3 Å². The SMILES string of the molecule is C=C[C@@H](C#CC#C[C@@H](O)CCCCCCCCCCOC(C)=O)OC(C)=O. The highest BCUT2D eigenvalue weighted by molar-refractivity contribution is 5.66. The Bertz CT molecular complexity index is 559. The lowest BCUT2D eigenvalue weighted by Crippen LogP contribution is -2.10. The van der Waals surface area contributed by atoms with Gasteiger partial charge < -0.3 is 14.6 Å². The van der Waals surface area contributed by atoms with Crippen molar-refractivity contribution in [3.8, 4) is 23.7 Å². The van der Waals surface area contributed by atoms with Crippen molar-refractivity contribution in [2.75, 3.05) is 6.61 Å². The number of carbonyl (C=O) groups excluding carboxylic acids is 2. The van der Waals surface area contributed by atoms with Gasteiger partial charge in [-0.2, -0.15) is 0 Å². The van der Waals surface area contributed by atoms with E-state index in [-0.39, 0.29) is 5.97 Å². The second kappa shape index (κ2) is 17.2. The van der Waals surface area contributed by atoms with E-state index >= 15 is 0 Å². The van der Waals surface area contributed by atoms with E-state index in [1.54, 1.807) is 0 Å². The van der Waals surface area contributed by atoms with Crippen LogP contribution in [0, 0.1) is 23.7 Å². The first-order valence-corrected chi connectivity index (χ1v) is 9.58. The zero-order valence-corrected chi connectivity index (χ0v) is 16.6. The third kappa shape index (κ3) is 18.4. The molecule has 150 valence electrons. The van der Waals surface area contributed by atoms with Crippen LogP contribution in [0.4, 0.5) is 0 Å². The summed E-state index contributed by atoms with van der Waals surface area (Å²) in [7, 11) is 0. The maximum Gasteiger partial charge on any atom is 0.304 e. The Balaban J connectivity index is 3.65. The standard InChI is InChI=1S/C22H32O5/c1-4-22(27-20(3)24)17-13-12-16-21(25)15-11-9-7-5-6-8-10-14-18-26-19(2)23/h4,21-22,25H,1,5-11,14-15,18H2,2-3H3/t21-,22-/m0/s1. The summed E-state index contributed by atoms with van der Waals surface area (Å²) in [6.45, 7) is 6.79. The minimum absolute atomic E-state index is 0.211. The lowest BCUT2D eigenvalue weighted by molar-refractivity contribution is -0.142. The Labute approximate surface area is 163 Å². The van der Waals surface area contributed by atoms with Crippen molar-refractivity contribution in [2.24, 2.45) is 0 Å². The van der Waals surface area contributed by atoms with Crippen molar-refractivity contribution < 1.29 is 24.2 Å². The molecule has 0 aliphatic heterocycles. The predicted molar refractivity (Wildman–Crippen MR) is 105 cm³/mol. The van der Waals surface area contributed by atoms with E-state index in [9.17, 15) is 14.7 Å². The molecule has 0 unspecified atom stereocenters. The number of carbonyl (C=O) groups is 2. The molecular formula is C22H32O5. The second-order valence-electron chi connectivity index (χ2n) is 6.28. The Kier molecular flexibility index (Phi) is 15.8. The first-order chi connectivity index (χ1) is 13.0. The fourth-order valence-corrected chi connectivity index (χ4v) is 2.33. The van der Waals surface area contributed by atoms with Gasteiger partial charge in [0.15, 0.2) is 6.10 Å². The highest BCUT2D eigenvalue weighted by atomic mass is 16.5. The van der Waals surface area contributed by atoms with Gasteiger partial charge in [0.2, 0.25) is 0 Å². The minimum atomic E-state index is -0.684. The summed E-state index contributed by atoms with van der Waals surface area (Å²) < 4.78 is 9.76. The molecule has 0 aromatic rings. The third-order valence-electron chi connectivity index (χ3n) is 3.70. The van der Waals surface area contributed by atoms with Gasteiger partial charge in [-0.1, -0.05) is 51.0 Å². The molecule has 0 amide bonds. The number of hydrogen-bond donors (Lipinski definition) is 1. The topological polar surface area (TPSA) is 72.8 Å². The molecule has 0 bridgehead atoms. The highest BCUT2D eigenvalue weighted by Crippen LogP contribution is 2.10. The normalized spacial score (nSPS) is 11.8. The van der Waals surface area contributed by atoms with Crippen molar-refractivity contribution in [1.29, 1.82) is 0 Å². The number of esters is 2. The summed E-state index contributed by atoms with van der Waals surface area (Å²) in [6.07, 6.45) is 9.39. The molecule has 0 aliphatic rings. The fraction of sp³-hybridized carbons (Fsp3) is 0.636. The van der Waals surface area contributed by atoms with Crippen LogP contribution >= 0.6 is 0 Å². The summed E-state index contributed by atoms with van der Waals surface area (Å²) in [6, 6.07) is 0. The van der Waals surface area contributed by atoms with Crippen LogP contribution in [-0.4, -0.2) is 35.9 Å². The van der Waals surface area contributed by atoms with Crippen molar-refractivity contribution in [3.05, 3.63) is 12.7 Å². The molecule has 0 radical (unpaired) electrons. The zero-order chi connectivity index (χ0) is 20.3. The van der Waals surface area contributed by atoms with Crippen LogP contribution in [-0.2, 0) is 19.1 Å². The average Bonchev–Trinajstić information content (AvgIpc) is 2.61. The van der Waals surface area contributed by atoms with Crippen LogP contribution in [0.2, 0.25) is 0 Å². The largest absolute Gasteiger partial charge is 0.466 e. The van der Waals surface area contributed by atoms with Gasteiger partial charge in [0.05, 0.1) is 6.61 Å². The summed E-state index contributed by atoms with van der Waals surface area (Å²) in [5.41, 5.74) is 0. The summed E-state index contributed by atoms with van der Waals surface area (Å²) in [5, 5.41) is 9.80. The van der Waals surface area contributed by atoms with Crippen molar-refractivity contribution >= 4 is 11.9 Å². The molecule has 0 saturated carbocycles. The van der Waals surface area contributed by atoms with Gasteiger partial charge in [0.1, 0.15) is 6.10 Å². The van der Waals surface area contributed by atoms with E-state index in [4.69, 9.17) is 9.47 Å². The quantitative estimate of drug-likeness (QED) is 0.230. The average molecular weight is 376 g/mol. The predicted octanol–water partition coefficient (Wildman–Crippen LogP) is 3.55. The molecule has 0 fully saturated rings. The first kappa shape index (κ1) is 24.8. The minimum Gasteiger partial charge on any atom is -0.466 e. The van der Waals surface area contributed by atoms with Gasteiger partial charge in [0, 0.05) is 13.8 Å². The smallest absolute Gasteiger partial charge is 0.304 e. The van der Waals surface area contributed by atoms with Crippen LogP contribution in [0.5, 0.6) is 0 Å². The van der Waals surface area contributed by atoms with Gasteiger partial charge in [-0.25, -0.2) is 0 Å².